The van der Waals surface area contributed by atoms with Crippen LogP contribution < -0.4 is 85.9 Å². The number of unbranched alkanes of at least 4 members (excludes halogenated alkanes) is 3. The molecule has 0 aliphatic carbocycles. The molecule has 4 aliphatic rings. The van der Waals surface area contributed by atoms with Crippen LogP contribution in [-0.4, -0.2) is 223 Å². The number of nitrogens with one attached hydrogen (secondary N) is 5. The van der Waals surface area contributed by atoms with Crippen LogP contribution in [-0.2, 0) is 42.9 Å². The average Bonchev–Trinajstić information content (AvgIpc) is 2.07. The Balaban J connectivity index is 0.0000132. The van der Waals surface area contributed by atoms with Crippen molar-refractivity contribution in [3.8, 4) is 17.2 Å². The first-order valence-corrected chi connectivity index (χ1v) is 30.2. The fourth-order valence-corrected chi connectivity index (χ4v) is 11.5. The van der Waals surface area contributed by atoms with Crippen molar-refractivity contribution in [3.63, 3.8) is 0 Å². The van der Waals surface area contributed by atoms with E-state index in [1.54, 1.807) is 12.1 Å². The zero-order chi connectivity index (χ0) is 65.5. The number of ether oxygens (including phenoxy) is 1. The van der Waals surface area contributed by atoms with E-state index in [1.165, 1.54) is 25.5 Å². The van der Waals surface area contributed by atoms with Crippen LogP contribution in [0.3, 0.4) is 0 Å². The van der Waals surface area contributed by atoms with Gasteiger partial charge in [-0.05, 0) is 79.6 Å². The number of carbonyl (C=O) groups excluding carboxylic acids is 8. The maximum Gasteiger partial charge on any atom is 1.00 e. The van der Waals surface area contributed by atoms with Crippen molar-refractivity contribution in [1.29, 1.82) is 0 Å². The summed E-state index contributed by atoms with van der Waals surface area (Å²) in [5.41, 5.74) is 6.92. The van der Waals surface area contributed by atoms with E-state index in [9.17, 15) is 84.5 Å². The molecule has 33 heteroatoms. The number of piperazine rings is 1. The van der Waals surface area contributed by atoms with Gasteiger partial charge in [-0.2, -0.15) is 0 Å². The van der Waals surface area contributed by atoms with Crippen molar-refractivity contribution < 1.29 is 132 Å². The first-order valence-electron chi connectivity index (χ1n) is 29.5. The van der Waals surface area contributed by atoms with Crippen molar-refractivity contribution in [3.05, 3.63) is 77.9 Å². The van der Waals surface area contributed by atoms with Gasteiger partial charge in [0.25, 0.3) is 18.2 Å². The van der Waals surface area contributed by atoms with Gasteiger partial charge >= 0.3 is 29.6 Å². The molecule has 14 atom stereocenters. The number of aromatic hydroxyl groups is 1. The van der Waals surface area contributed by atoms with E-state index in [4.69, 9.17) is 14.7 Å². The van der Waals surface area contributed by atoms with Gasteiger partial charge in [-0.15, -0.1) is 4.33 Å². The second-order valence-corrected chi connectivity index (χ2v) is 23.2. The first-order chi connectivity index (χ1) is 42.9. The van der Waals surface area contributed by atoms with E-state index in [0.29, 0.717) is 32.8 Å². The van der Waals surface area contributed by atoms with E-state index in [1.807, 2.05) is 24.3 Å². The van der Waals surface area contributed by atoms with Crippen molar-refractivity contribution in [2.45, 2.75) is 145 Å². The number of hydrogen-bond donors (Lipinski definition) is 14. The number of phenols is 1. The summed E-state index contributed by atoms with van der Waals surface area (Å²) >= 11 is -0.0814. The van der Waals surface area contributed by atoms with Crippen molar-refractivity contribution in [1.82, 2.24) is 36.4 Å². The van der Waals surface area contributed by atoms with Gasteiger partial charge in [-0.1, -0.05) is 39.2 Å². The Morgan fingerprint density at radius 2 is 1.37 bits per heavy atom. The molecule has 4 aliphatic heterocycles. The van der Waals surface area contributed by atoms with E-state index in [0.717, 1.165) is 71.3 Å². The standard InChI is InChI=1S/C58H80N10O21S.Na/c1-4-5-6-7-22-86-38-15-13-35(14-16-38)66-20-18-65(19-21-66)34-11-8-32(9-12-34)52(78)61-39-24-36(70)27-60-56(82)48-49(75)30(2)28-68(48)58(84)46(42(73)26-44(59)74)63-55(81)47(51(77)50(76)33-10-17-41(72)43(23-33)87-90-89-88-85)64-54(80)40-25-37(71)29-67(40)57(83)45(31(3)69)62-53(39)79;/h8-17,23,30-31,36-37,39-40,42,45-51,69-73,75-77,85H,4-7,18-22,24-29H2,1-3H3,(H2,59,74)(H,60,82)(H,61,78)(H,62,79)(H,63,81)(H,64,80);/q;+1/p-1. The predicted octanol–water partition coefficient (Wildman–Crippen LogP) is -6.84. The maximum atomic E-state index is 14.7. The van der Waals surface area contributed by atoms with E-state index in [-0.39, 0.29) is 53.0 Å². The number of fused-ring (bicyclic) bond motifs is 2. The molecule has 91 heavy (non-hydrogen) atoms. The molecule has 4 saturated heterocycles. The molecule has 8 amide bonds. The Bertz CT molecular complexity index is 2970. The number of nitrogens with zero attached hydrogens (tertiary/aromatic N) is 4. The van der Waals surface area contributed by atoms with Crippen LogP contribution in [0, 0.1) is 5.92 Å². The Morgan fingerprint density at radius 1 is 0.758 bits per heavy atom. The van der Waals surface area contributed by atoms with Gasteiger partial charge in [-0.3, -0.25) is 43.4 Å². The van der Waals surface area contributed by atoms with Gasteiger partial charge in [-0.25, -0.2) is 0 Å². The van der Waals surface area contributed by atoms with Crippen LogP contribution in [0.5, 0.6) is 17.2 Å². The number of aliphatic hydroxyl groups excluding tert-OH is 7. The predicted molar refractivity (Wildman–Crippen MR) is 315 cm³/mol. The third kappa shape index (κ3) is 19.2. The molecule has 31 nitrogen and oxygen atoms in total. The number of amides is 8. The number of primary amides is 1. The number of benzene rings is 3. The van der Waals surface area contributed by atoms with Gasteiger partial charge < -0.3 is 107 Å². The van der Waals surface area contributed by atoms with Crippen LogP contribution in [0.1, 0.15) is 87.7 Å². The average molecular weight is 1310 g/mol. The molecule has 3 aromatic carbocycles. The van der Waals surface area contributed by atoms with Crippen molar-refractivity contribution in [2.75, 3.05) is 62.2 Å². The van der Waals surface area contributed by atoms with Gasteiger partial charge in [0.1, 0.15) is 54.2 Å². The molecule has 4 fully saturated rings. The Hall–Kier alpha value is -6.63. The molecule has 4 heterocycles. The summed E-state index contributed by atoms with van der Waals surface area (Å²) in [6.07, 6.45) is -11.6. The Labute approximate surface area is 550 Å². The molecule has 3 aromatic rings. The SMILES string of the molecule is CCCCCCOc1ccc(N2CCN(c3ccc(C(=O)NC4CC(O)CNC(=O)C5C(O)C(C)CN5C(=O)C(C(O)CC(N)=O)NC(=O)C(C(O)C(O)c5ccc(O)c(OSOO[O-])c5)NC(=O)C5CC(O)CN5C(=O)C(C(C)O)NC4=O)cc3)CC2)cc1.[Na+]. The number of anilines is 2. The number of rotatable bonds is 21. The molecule has 0 radical (unpaired) electrons. The molecule has 0 bridgehead atoms. The van der Waals surface area contributed by atoms with Gasteiger partial charge in [0.05, 0.1) is 43.5 Å². The molecule has 14 unspecified atom stereocenters. The van der Waals surface area contributed by atoms with Crippen LogP contribution in [0.25, 0.3) is 0 Å². The summed E-state index contributed by atoms with van der Waals surface area (Å²) < 4.78 is 15.0. The van der Waals surface area contributed by atoms with Crippen LogP contribution in [0.4, 0.5) is 11.4 Å². The summed E-state index contributed by atoms with van der Waals surface area (Å²) in [5, 5.41) is 116. The smallest absolute Gasteiger partial charge is 0.691 e. The monoisotopic (exact) mass is 1310 g/mol. The second kappa shape index (κ2) is 34.3. The van der Waals surface area contributed by atoms with Crippen LogP contribution in [0.2, 0.25) is 0 Å². The largest absolute Gasteiger partial charge is 1.00 e. The van der Waals surface area contributed by atoms with E-state index >= 15 is 0 Å². The summed E-state index contributed by atoms with van der Waals surface area (Å²) in [5.74, 6) is -11.0. The molecule has 15 N–H and O–H groups in total. The third-order valence-electron chi connectivity index (χ3n) is 16.2. The molecule has 0 spiro atoms. The summed E-state index contributed by atoms with van der Waals surface area (Å²) in [6, 6.07) is 5.12. The first kappa shape index (κ1) is 73.4. The minimum atomic E-state index is -2.53. The fourth-order valence-electron chi connectivity index (χ4n) is 11.2. The second-order valence-electron chi connectivity index (χ2n) is 22.8. The van der Waals surface area contributed by atoms with Gasteiger partial charge in [0.15, 0.2) is 11.5 Å². The minimum absolute atomic E-state index is 0. The van der Waals surface area contributed by atoms with Crippen LogP contribution in [0.15, 0.2) is 66.7 Å². The molecule has 7 rings (SSSR count). The topological polar surface area (TPSA) is 458 Å². The number of hydrogen-bond acceptors (Lipinski definition) is 24. The molecule has 0 aromatic heterocycles. The number of carbonyl (C=O) groups is 8. The number of nitrogens with two attached hydrogens (primary N) is 1. The fraction of sp³-hybridized carbons (Fsp3) is 0.552. The summed E-state index contributed by atoms with van der Waals surface area (Å²) in [6.45, 7) is 6.22. The third-order valence-corrected chi connectivity index (χ3v) is 16.5. The summed E-state index contributed by atoms with van der Waals surface area (Å²) in [7, 11) is 0. The number of aliphatic hydroxyl groups is 7. The van der Waals surface area contributed by atoms with E-state index < -0.39 is 183 Å². The number of β-amino-alcohol motifs (C(OH)–C–C–N with tert-alkyl or cyclic N) is 1. The van der Waals surface area contributed by atoms with Gasteiger partial charge in [0, 0.05) is 81.5 Å². The molecule has 494 valence electrons. The molecule has 0 saturated carbocycles. The Kier molecular flexibility index (Phi) is 27.7. The summed E-state index contributed by atoms with van der Waals surface area (Å²) in [4.78, 5) is 119. The zero-order valence-corrected chi connectivity index (χ0v) is 53.5. The Morgan fingerprint density at radius 3 is 1.99 bits per heavy atom. The zero-order valence-electron chi connectivity index (χ0n) is 50.7. The normalized spacial score (nSPS) is 26.1. The quantitative estimate of drug-likeness (QED) is 0.0155. The maximum absolute atomic E-state index is 14.7. The van der Waals surface area contributed by atoms with Gasteiger partial charge in [0.2, 0.25) is 41.4 Å². The molecular formula is C58H79N10NaO21S. The van der Waals surface area contributed by atoms with Crippen LogP contribution >= 0.6 is 12.3 Å². The van der Waals surface area contributed by atoms with E-state index in [2.05, 4.69) is 52.7 Å². The van der Waals surface area contributed by atoms with Crippen molar-refractivity contribution >= 4 is 71.0 Å². The minimum Gasteiger partial charge on any atom is -0.691 e. The van der Waals surface area contributed by atoms with Crippen molar-refractivity contribution in [2.24, 2.45) is 11.7 Å². The molecular weight excluding hydrogens is 1230 g/mol. The number of phenolic OH excluding ortho intramolecular Hbond substituents is 1.